The Kier molecular flexibility index (Phi) is 6.55. The van der Waals surface area contributed by atoms with Crippen molar-refractivity contribution in [1.82, 2.24) is 20.1 Å². The van der Waals surface area contributed by atoms with Gasteiger partial charge in [0.15, 0.2) is 5.82 Å². The molecule has 0 radical (unpaired) electrons. The molecule has 0 bridgehead atoms. The van der Waals surface area contributed by atoms with E-state index in [1.54, 1.807) is 0 Å². The average Bonchev–Trinajstić information content (AvgIpc) is 2.82. The molecule has 1 aromatic heterocycles. The summed E-state index contributed by atoms with van der Waals surface area (Å²) in [7, 11) is 0. The van der Waals surface area contributed by atoms with E-state index in [2.05, 4.69) is 25.4 Å². The molecule has 1 aliphatic heterocycles. The van der Waals surface area contributed by atoms with Gasteiger partial charge in [-0.1, -0.05) is 11.6 Å². The number of nitrogens with one attached hydrogen (secondary N) is 2. The van der Waals surface area contributed by atoms with Gasteiger partial charge in [-0.25, -0.2) is 0 Å². The van der Waals surface area contributed by atoms with Gasteiger partial charge in [-0.05, 0) is 24.3 Å². The average molecular weight is 337 g/mol. The highest BCUT2D eigenvalue weighted by Crippen LogP contribution is 2.14. The Morgan fingerprint density at radius 2 is 1.95 bits per heavy atom. The Morgan fingerprint density at radius 1 is 1.20 bits per heavy atom. The van der Waals surface area contributed by atoms with Gasteiger partial charge in [0.1, 0.15) is 5.82 Å². The first-order valence-corrected chi connectivity index (χ1v) is 6.32. The van der Waals surface area contributed by atoms with Crippen LogP contribution in [0.25, 0.3) is 0 Å². The number of nitrogens with zero attached hydrogens (tertiary/aromatic N) is 3. The van der Waals surface area contributed by atoms with E-state index < -0.39 is 0 Å². The van der Waals surface area contributed by atoms with Crippen LogP contribution in [0.1, 0.15) is 11.6 Å². The summed E-state index contributed by atoms with van der Waals surface area (Å²) in [4.78, 5) is 0. The third kappa shape index (κ3) is 3.76. The molecule has 1 aromatic carbocycles. The van der Waals surface area contributed by atoms with E-state index in [0.29, 0.717) is 6.54 Å². The third-order valence-electron chi connectivity index (χ3n) is 2.99. The summed E-state index contributed by atoms with van der Waals surface area (Å²) >= 11 is 5.85. The van der Waals surface area contributed by atoms with Crippen molar-refractivity contribution in [2.45, 2.75) is 19.6 Å². The van der Waals surface area contributed by atoms with E-state index >= 15 is 0 Å². The largest absolute Gasteiger partial charge is 0.378 e. The molecule has 8 heteroatoms. The van der Waals surface area contributed by atoms with Crippen molar-refractivity contribution >= 4 is 42.1 Å². The molecule has 2 aromatic rings. The molecule has 0 aliphatic carbocycles. The minimum Gasteiger partial charge on any atom is -0.378 e. The van der Waals surface area contributed by atoms with Gasteiger partial charge in [-0.3, -0.25) is 0 Å². The van der Waals surface area contributed by atoms with Crippen LogP contribution in [0.5, 0.6) is 0 Å². The van der Waals surface area contributed by atoms with Gasteiger partial charge < -0.3 is 15.2 Å². The van der Waals surface area contributed by atoms with Crippen molar-refractivity contribution in [1.29, 1.82) is 0 Å². The lowest BCUT2D eigenvalue weighted by molar-refractivity contribution is 0.495. The number of fused-ring (bicyclic) bond motifs is 1. The lowest BCUT2D eigenvalue weighted by Crippen LogP contribution is -2.29. The van der Waals surface area contributed by atoms with Gasteiger partial charge in [0.25, 0.3) is 0 Å². The van der Waals surface area contributed by atoms with Crippen LogP contribution in [0.3, 0.4) is 0 Å². The van der Waals surface area contributed by atoms with Crippen LogP contribution in [-0.4, -0.2) is 21.3 Å². The lowest BCUT2D eigenvalue weighted by atomic mass is 10.3. The fourth-order valence-electron chi connectivity index (χ4n) is 2.03. The molecule has 2 heterocycles. The summed E-state index contributed by atoms with van der Waals surface area (Å²) in [6.45, 7) is 3.38. The maximum absolute atomic E-state index is 5.85. The predicted octanol–water partition coefficient (Wildman–Crippen LogP) is 2.49. The van der Waals surface area contributed by atoms with Crippen molar-refractivity contribution in [2.24, 2.45) is 0 Å². The molecule has 20 heavy (non-hydrogen) atoms. The molecular weight excluding hydrogens is 321 g/mol. The number of hydrogen-bond acceptors (Lipinski definition) is 4. The molecular formula is C12H16Cl3N5. The third-order valence-corrected chi connectivity index (χ3v) is 3.25. The van der Waals surface area contributed by atoms with E-state index in [1.165, 1.54) is 0 Å². The Labute approximate surface area is 134 Å². The van der Waals surface area contributed by atoms with Crippen LogP contribution in [0.15, 0.2) is 24.3 Å². The molecule has 110 valence electrons. The molecule has 0 spiro atoms. The monoisotopic (exact) mass is 335 g/mol. The number of halogens is 3. The second kappa shape index (κ2) is 7.69. The zero-order chi connectivity index (χ0) is 12.4. The molecule has 0 amide bonds. The second-order valence-corrected chi connectivity index (χ2v) is 4.66. The fourth-order valence-corrected chi connectivity index (χ4v) is 2.16. The molecule has 3 rings (SSSR count). The molecule has 2 N–H and O–H groups in total. The number of rotatable bonds is 3. The lowest BCUT2D eigenvalue weighted by Gasteiger charge is -2.16. The van der Waals surface area contributed by atoms with Crippen LogP contribution in [-0.2, 0) is 19.6 Å². The van der Waals surface area contributed by atoms with E-state index in [9.17, 15) is 0 Å². The summed E-state index contributed by atoms with van der Waals surface area (Å²) in [5, 5.41) is 15.7. The Morgan fingerprint density at radius 3 is 2.70 bits per heavy atom. The zero-order valence-corrected chi connectivity index (χ0v) is 13.1. The summed E-state index contributed by atoms with van der Waals surface area (Å²) in [5.74, 6) is 1.98. The van der Waals surface area contributed by atoms with Crippen molar-refractivity contribution in [3.63, 3.8) is 0 Å². The van der Waals surface area contributed by atoms with Gasteiger partial charge in [0.05, 0.1) is 13.1 Å². The molecule has 1 aliphatic rings. The van der Waals surface area contributed by atoms with Crippen molar-refractivity contribution in [2.75, 3.05) is 11.9 Å². The summed E-state index contributed by atoms with van der Waals surface area (Å²) in [6.07, 6.45) is 0. The zero-order valence-electron chi connectivity index (χ0n) is 10.7. The molecule has 0 atom stereocenters. The first-order valence-electron chi connectivity index (χ1n) is 5.94. The SMILES string of the molecule is Cl.Cl.Clc1ccc(NCc2nnc3n2CCNC3)cc1. The first-order chi connectivity index (χ1) is 8.83. The molecule has 0 saturated heterocycles. The van der Waals surface area contributed by atoms with E-state index in [1.807, 2.05) is 24.3 Å². The standard InChI is InChI=1S/C12H14ClN5.2ClH/c13-9-1-3-10(4-2-9)15-8-12-17-16-11-7-14-5-6-18(11)12;;/h1-4,14-15H,5-8H2;2*1H. The van der Waals surface area contributed by atoms with Gasteiger partial charge in [-0.15, -0.1) is 35.0 Å². The second-order valence-electron chi connectivity index (χ2n) is 4.22. The Balaban J connectivity index is 0.000001000. The molecule has 0 fully saturated rings. The topological polar surface area (TPSA) is 54.8 Å². The first kappa shape index (κ1) is 17.0. The van der Waals surface area contributed by atoms with Crippen molar-refractivity contribution in [3.05, 3.63) is 40.9 Å². The highest BCUT2D eigenvalue weighted by atomic mass is 35.5. The van der Waals surface area contributed by atoms with E-state index in [4.69, 9.17) is 11.6 Å². The molecule has 5 nitrogen and oxygen atoms in total. The van der Waals surface area contributed by atoms with Crippen LogP contribution in [0.2, 0.25) is 5.02 Å². The minimum absolute atomic E-state index is 0. The summed E-state index contributed by atoms with van der Waals surface area (Å²) in [5.41, 5.74) is 1.03. The fraction of sp³-hybridized carbons (Fsp3) is 0.333. The van der Waals surface area contributed by atoms with Crippen LogP contribution < -0.4 is 10.6 Å². The normalized spacial score (nSPS) is 12.8. The van der Waals surface area contributed by atoms with Crippen LogP contribution in [0.4, 0.5) is 5.69 Å². The quantitative estimate of drug-likeness (QED) is 0.904. The van der Waals surface area contributed by atoms with Crippen molar-refractivity contribution in [3.8, 4) is 0 Å². The van der Waals surface area contributed by atoms with E-state index in [-0.39, 0.29) is 24.8 Å². The predicted molar refractivity (Wildman–Crippen MR) is 85.0 cm³/mol. The van der Waals surface area contributed by atoms with Gasteiger partial charge in [-0.2, -0.15) is 0 Å². The van der Waals surface area contributed by atoms with Crippen LogP contribution in [0, 0.1) is 0 Å². The maximum atomic E-state index is 5.85. The molecule has 0 unspecified atom stereocenters. The Bertz CT molecular complexity index is 541. The summed E-state index contributed by atoms with van der Waals surface area (Å²) in [6, 6.07) is 7.65. The highest BCUT2D eigenvalue weighted by molar-refractivity contribution is 6.30. The molecule has 0 saturated carbocycles. The van der Waals surface area contributed by atoms with Crippen LogP contribution >= 0.6 is 36.4 Å². The number of hydrogen-bond donors (Lipinski definition) is 2. The van der Waals surface area contributed by atoms with Gasteiger partial charge >= 0.3 is 0 Å². The highest BCUT2D eigenvalue weighted by Gasteiger charge is 2.14. The van der Waals surface area contributed by atoms with Crippen molar-refractivity contribution < 1.29 is 0 Å². The van der Waals surface area contributed by atoms with Gasteiger partial charge in [0.2, 0.25) is 0 Å². The number of benzene rings is 1. The minimum atomic E-state index is 0. The Hall–Kier alpha value is -1.01. The number of aromatic nitrogens is 3. The number of anilines is 1. The van der Waals surface area contributed by atoms with E-state index in [0.717, 1.165) is 42.0 Å². The summed E-state index contributed by atoms with van der Waals surface area (Å²) < 4.78 is 2.17. The van der Waals surface area contributed by atoms with Gasteiger partial charge in [0, 0.05) is 23.8 Å². The smallest absolute Gasteiger partial charge is 0.152 e. The maximum Gasteiger partial charge on any atom is 0.152 e.